The summed E-state index contributed by atoms with van der Waals surface area (Å²) in [6.07, 6.45) is 0.815. The number of non-ortho nitro benzene ring substituents is 1. The van der Waals surface area contributed by atoms with Crippen molar-refractivity contribution < 1.29 is 19.2 Å². The van der Waals surface area contributed by atoms with Gasteiger partial charge in [-0.05, 0) is 36.8 Å². The highest BCUT2D eigenvalue weighted by molar-refractivity contribution is 7.80. The number of nitrogens with one attached hydrogen (secondary N) is 2. The number of anilines is 1. The van der Waals surface area contributed by atoms with E-state index >= 15 is 0 Å². The molecule has 0 bridgehead atoms. The number of hydrogen-bond donors (Lipinski definition) is 2. The van der Waals surface area contributed by atoms with Crippen LogP contribution in [0.5, 0.6) is 11.5 Å². The summed E-state index contributed by atoms with van der Waals surface area (Å²) in [6.45, 7) is 2.46. The standard InChI is InChI=1S/C18H19N3O5S/c1-3-10-26-15-7-5-4-6-13(15)17(22)20-18(27)19-14-9-8-12(21(23)24)11-16(14)25-2/h4-9,11H,3,10H2,1-2H3,(H2,19,20,22,27). The maximum Gasteiger partial charge on any atom is 0.273 e. The molecule has 0 fully saturated rings. The molecule has 0 aliphatic carbocycles. The topological polar surface area (TPSA) is 103 Å². The molecule has 0 saturated heterocycles. The van der Waals surface area contributed by atoms with Gasteiger partial charge >= 0.3 is 0 Å². The van der Waals surface area contributed by atoms with E-state index in [1.165, 1.54) is 25.3 Å². The number of nitrogens with zero attached hydrogens (tertiary/aromatic N) is 1. The molecule has 2 N–H and O–H groups in total. The van der Waals surface area contributed by atoms with Gasteiger partial charge in [0.05, 0.1) is 36.0 Å². The van der Waals surface area contributed by atoms with Gasteiger partial charge in [-0.15, -0.1) is 0 Å². The first-order valence-corrected chi connectivity index (χ1v) is 8.53. The summed E-state index contributed by atoms with van der Waals surface area (Å²) in [5.41, 5.74) is 0.629. The molecule has 1 amide bonds. The summed E-state index contributed by atoms with van der Waals surface area (Å²) in [5, 5.41) is 16.2. The lowest BCUT2D eigenvalue weighted by atomic mass is 10.2. The van der Waals surface area contributed by atoms with Crippen molar-refractivity contribution in [1.29, 1.82) is 0 Å². The highest BCUT2D eigenvalue weighted by atomic mass is 32.1. The largest absolute Gasteiger partial charge is 0.494 e. The molecule has 27 heavy (non-hydrogen) atoms. The number of benzene rings is 2. The molecule has 2 aromatic rings. The summed E-state index contributed by atoms with van der Waals surface area (Å²) in [7, 11) is 1.38. The molecule has 0 atom stereocenters. The van der Waals surface area contributed by atoms with Gasteiger partial charge in [0.15, 0.2) is 5.11 Å². The van der Waals surface area contributed by atoms with E-state index < -0.39 is 10.8 Å². The van der Waals surface area contributed by atoms with Crippen LogP contribution in [0, 0.1) is 10.1 Å². The molecule has 0 heterocycles. The number of hydrogen-bond acceptors (Lipinski definition) is 6. The lowest BCUT2D eigenvalue weighted by Crippen LogP contribution is -2.34. The molecule has 0 spiro atoms. The van der Waals surface area contributed by atoms with Gasteiger partial charge in [0, 0.05) is 6.07 Å². The average Bonchev–Trinajstić information content (AvgIpc) is 2.66. The maximum atomic E-state index is 12.5. The first-order valence-electron chi connectivity index (χ1n) is 8.12. The molecule has 0 radical (unpaired) electrons. The number of nitro benzene ring substituents is 1. The van der Waals surface area contributed by atoms with Crippen LogP contribution < -0.4 is 20.1 Å². The number of carbonyl (C=O) groups excluding carboxylic acids is 1. The van der Waals surface area contributed by atoms with Crippen molar-refractivity contribution in [2.75, 3.05) is 19.0 Å². The van der Waals surface area contributed by atoms with Gasteiger partial charge in [-0.2, -0.15) is 0 Å². The summed E-state index contributed by atoms with van der Waals surface area (Å²) in [5.74, 6) is 0.264. The predicted molar refractivity (Wildman–Crippen MR) is 106 cm³/mol. The minimum atomic E-state index is -0.528. The van der Waals surface area contributed by atoms with E-state index in [1.54, 1.807) is 24.3 Å². The van der Waals surface area contributed by atoms with Gasteiger partial charge in [0.1, 0.15) is 11.5 Å². The number of para-hydroxylation sites is 1. The van der Waals surface area contributed by atoms with Gasteiger partial charge in [0.25, 0.3) is 11.6 Å². The van der Waals surface area contributed by atoms with E-state index in [4.69, 9.17) is 21.7 Å². The Kier molecular flexibility index (Phi) is 7.07. The van der Waals surface area contributed by atoms with Crippen molar-refractivity contribution in [2.45, 2.75) is 13.3 Å². The lowest BCUT2D eigenvalue weighted by molar-refractivity contribution is -0.384. The number of nitro groups is 1. The quantitative estimate of drug-likeness (QED) is 0.424. The Morgan fingerprint density at radius 1 is 1.22 bits per heavy atom. The molecule has 142 valence electrons. The minimum absolute atomic E-state index is 0.0254. The fourth-order valence-electron chi connectivity index (χ4n) is 2.21. The average molecular weight is 389 g/mol. The van der Waals surface area contributed by atoms with Gasteiger partial charge in [-0.1, -0.05) is 19.1 Å². The number of methoxy groups -OCH3 is 1. The van der Waals surface area contributed by atoms with Crippen molar-refractivity contribution in [1.82, 2.24) is 5.32 Å². The van der Waals surface area contributed by atoms with Crippen LogP contribution in [-0.4, -0.2) is 29.7 Å². The smallest absolute Gasteiger partial charge is 0.273 e. The number of carbonyl (C=O) groups is 1. The van der Waals surface area contributed by atoms with Gasteiger partial charge in [0.2, 0.25) is 0 Å². The Bertz CT molecular complexity index is 857. The number of thiocarbonyl (C=S) groups is 1. The Balaban J connectivity index is 2.10. The summed E-state index contributed by atoms with van der Waals surface area (Å²) in [6, 6.07) is 10.9. The number of ether oxygens (including phenoxy) is 2. The fourth-order valence-corrected chi connectivity index (χ4v) is 2.42. The van der Waals surface area contributed by atoms with Crippen molar-refractivity contribution in [3.05, 3.63) is 58.1 Å². The highest BCUT2D eigenvalue weighted by Crippen LogP contribution is 2.29. The zero-order chi connectivity index (χ0) is 19.8. The van der Waals surface area contributed by atoms with E-state index in [9.17, 15) is 14.9 Å². The van der Waals surface area contributed by atoms with Crippen LogP contribution in [0.25, 0.3) is 0 Å². The summed E-state index contributed by atoms with van der Waals surface area (Å²) < 4.78 is 10.7. The second kappa shape index (κ2) is 9.48. The minimum Gasteiger partial charge on any atom is -0.494 e. The summed E-state index contributed by atoms with van der Waals surface area (Å²) in [4.78, 5) is 22.8. The van der Waals surface area contributed by atoms with Gasteiger partial charge < -0.3 is 14.8 Å². The third-order valence-corrected chi connectivity index (χ3v) is 3.67. The Morgan fingerprint density at radius 3 is 2.63 bits per heavy atom. The van der Waals surface area contributed by atoms with Crippen molar-refractivity contribution in [2.24, 2.45) is 0 Å². The molecule has 8 nitrogen and oxygen atoms in total. The normalized spacial score (nSPS) is 10.0. The predicted octanol–water partition coefficient (Wildman–Crippen LogP) is 3.52. The van der Waals surface area contributed by atoms with Crippen LogP contribution in [0.15, 0.2) is 42.5 Å². The lowest BCUT2D eigenvalue weighted by Gasteiger charge is -2.14. The molecule has 0 saturated carbocycles. The molecule has 0 unspecified atom stereocenters. The molecule has 0 aromatic heterocycles. The molecule has 0 aliphatic heterocycles. The van der Waals surface area contributed by atoms with Crippen LogP contribution in [0.2, 0.25) is 0 Å². The maximum absolute atomic E-state index is 12.5. The molecule has 0 aliphatic rings. The zero-order valence-corrected chi connectivity index (χ0v) is 15.7. The van der Waals surface area contributed by atoms with Crippen LogP contribution >= 0.6 is 12.2 Å². The Labute approximate surface area is 161 Å². The van der Waals surface area contributed by atoms with E-state index in [0.29, 0.717) is 23.6 Å². The Morgan fingerprint density at radius 2 is 1.96 bits per heavy atom. The van der Waals surface area contributed by atoms with Gasteiger partial charge in [-0.3, -0.25) is 20.2 Å². The first kappa shape index (κ1) is 20.1. The monoisotopic (exact) mass is 389 g/mol. The Hall–Kier alpha value is -3.20. The first-order chi connectivity index (χ1) is 13.0. The van der Waals surface area contributed by atoms with E-state index in [1.807, 2.05) is 6.92 Å². The number of amides is 1. The van der Waals surface area contributed by atoms with Crippen LogP contribution in [0.1, 0.15) is 23.7 Å². The molecular weight excluding hydrogens is 370 g/mol. The molecule has 2 rings (SSSR count). The fraction of sp³-hybridized carbons (Fsp3) is 0.222. The second-order valence-corrected chi connectivity index (χ2v) is 5.80. The van der Waals surface area contributed by atoms with Crippen LogP contribution in [0.3, 0.4) is 0 Å². The van der Waals surface area contributed by atoms with Crippen molar-refractivity contribution in [3.63, 3.8) is 0 Å². The van der Waals surface area contributed by atoms with E-state index in [0.717, 1.165) is 6.42 Å². The molecular formula is C18H19N3O5S. The highest BCUT2D eigenvalue weighted by Gasteiger charge is 2.16. The summed E-state index contributed by atoms with van der Waals surface area (Å²) >= 11 is 5.16. The van der Waals surface area contributed by atoms with Crippen LogP contribution in [0.4, 0.5) is 11.4 Å². The third kappa shape index (κ3) is 5.38. The van der Waals surface area contributed by atoms with Crippen LogP contribution in [-0.2, 0) is 0 Å². The van der Waals surface area contributed by atoms with Crippen molar-refractivity contribution in [3.8, 4) is 11.5 Å². The second-order valence-electron chi connectivity index (χ2n) is 5.39. The van der Waals surface area contributed by atoms with E-state index in [2.05, 4.69) is 10.6 Å². The van der Waals surface area contributed by atoms with Gasteiger partial charge in [-0.25, -0.2) is 0 Å². The number of rotatable bonds is 7. The zero-order valence-electron chi connectivity index (χ0n) is 14.9. The third-order valence-electron chi connectivity index (χ3n) is 3.46. The molecule has 9 heteroatoms. The van der Waals surface area contributed by atoms with E-state index in [-0.39, 0.29) is 16.5 Å². The molecule has 2 aromatic carbocycles. The SMILES string of the molecule is CCCOc1ccccc1C(=O)NC(=S)Nc1ccc([N+](=O)[O-])cc1OC. The van der Waals surface area contributed by atoms with Crippen molar-refractivity contribution >= 4 is 34.6 Å².